The number of nitrogens with zero attached hydrogens (tertiary/aromatic N) is 12. The molecule has 728 valence electrons. The van der Waals surface area contributed by atoms with Crippen molar-refractivity contribution in [1.82, 2.24) is 56.5 Å². The normalized spacial score (nSPS) is 12.3. The second-order valence-corrected chi connectivity index (χ2v) is 35.0. The Balaban J connectivity index is 0.000000157. The van der Waals surface area contributed by atoms with E-state index in [9.17, 15) is 92.3 Å². The van der Waals surface area contributed by atoms with E-state index in [1.807, 2.05) is 190 Å². The Kier molecular flexibility index (Phi) is 33.0. The Hall–Kier alpha value is -14.6. The minimum atomic E-state index is -2.89. The first-order chi connectivity index (χ1) is 66.7. The summed E-state index contributed by atoms with van der Waals surface area (Å²) in [5, 5.41) is 40.1. The topological polar surface area (TPSA) is 240 Å². The van der Waals surface area contributed by atoms with Crippen LogP contribution in [0.1, 0.15) is 206 Å². The average molecular weight is 1930 g/mol. The molecule has 4 N–H and O–H groups in total. The van der Waals surface area contributed by atoms with Crippen LogP contribution in [-0.4, -0.2) is 103 Å². The molecule has 16 aromatic rings. The maximum Gasteiger partial charge on any atom is 0.265 e. The minimum Gasteiger partial charge on any atom is -0.394 e. The van der Waals surface area contributed by atoms with Crippen LogP contribution < -0.4 is 22.2 Å². The predicted molar refractivity (Wildman–Crippen MR) is 511 cm³/mol. The number of pyridine rings is 4. The van der Waals surface area contributed by atoms with E-state index < -0.39 is 121 Å². The fourth-order valence-corrected chi connectivity index (χ4v) is 17.2. The number of aliphatic hydroxyl groups excluding tert-OH is 4. The summed E-state index contributed by atoms with van der Waals surface area (Å²) in [4.78, 5) is 70.4. The monoisotopic (exact) mass is 1920 g/mol. The third-order valence-corrected chi connectivity index (χ3v) is 24.3. The first-order valence-electron chi connectivity index (χ1n) is 44.7. The molecule has 20 nitrogen and oxygen atoms in total. The van der Waals surface area contributed by atoms with Crippen LogP contribution in [-0.2, 0) is 25.7 Å². The Morgan fingerprint density at radius 2 is 0.571 bits per heavy atom. The van der Waals surface area contributed by atoms with Crippen molar-refractivity contribution in [1.29, 1.82) is 0 Å². The molecule has 0 fully saturated rings. The van der Waals surface area contributed by atoms with Crippen molar-refractivity contribution < 1.29 is 73.1 Å². The summed E-state index contributed by atoms with van der Waals surface area (Å²) in [5.41, 5.74) is 14.3. The molecule has 0 aliphatic heterocycles. The number of alkyl halides is 8. The van der Waals surface area contributed by atoms with E-state index in [1.165, 1.54) is 54.0 Å². The first-order valence-corrected chi connectivity index (χ1v) is 44.7. The lowest BCUT2D eigenvalue weighted by atomic mass is 10.0. The highest BCUT2D eigenvalue weighted by Gasteiger charge is 2.29. The molecule has 0 aliphatic carbocycles. The summed E-state index contributed by atoms with van der Waals surface area (Å²) in [6.45, 7) is 19.6. The van der Waals surface area contributed by atoms with Gasteiger partial charge in [0.2, 0.25) is 0 Å². The Morgan fingerprint density at radius 3 is 0.843 bits per heavy atom. The molecule has 4 atom stereocenters. The minimum absolute atomic E-state index is 0.0339. The number of rotatable bonds is 28. The van der Waals surface area contributed by atoms with Crippen molar-refractivity contribution in [2.75, 3.05) is 26.4 Å². The van der Waals surface area contributed by atoms with Gasteiger partial charge in [0.1, 0.15) is 23.3 Å². The molecule has 16 rings (SSSR count). The van der Waals surface area contributed by atoms with E-state index in [0.29, 0.717) is 22.3 Å². The van der Waals surface area contributed by atoms with Gasteiger partial charge in [-0.25, -0.2) is 72.6 Å². The van der Waals surface area contributed by atoms with Crippen molar-refractivity contribution in [3.05, 3.63) is 466 Å². The van der Waals surface area contributed by atoms with Gasteiger partial charge in [-0.05, 0) is 234 Å². The lowest BCUT2D eigenvalue weighted by molar-refractivity contribution is 0.149. The standard InChI is InChI=1S/C27H25F4N3O2.2C27H26F3N3O2.C27H27F2N3O2/c1-15-6-18(4-5-24(15)33-11-16(2)32-14-33)7-20-8-21(26(30)31)12-34(27(20)36)25(13-35)19-9-22(28)17(3)23(29)10-19;1-16-4-6-22(23(28)8-16)25(14-34)33-13-21(26(29)30)11-20(27(33)35)10-19-5-7-24(17(2)9-19)32-12-18(3)31-15-32;1-16-6-20(11-23(28)7-16)25(14-34)33-13-22(26(29)30)10-21(27(33)35)9-19-4-5-24(17(2)8-19)32-12-18(3)31-15-32;1-17-5-4-6-21(9-17)25(15-33)32-14-23(26(28)29)12-22(27(32)34)11-20-7-8-24(18(2)10-20)31-13-19(3)30-16-31/h4-6,8-12,14,25-26,35H,7,13H2,1-3H3;4-9,11-13,15,25-26,34H,10,14H2,1-3H3;4-8,10-13,15,25-26,34H,9,14H2,1-3H3;4-10,12-14,16,25-26,33H,11,15H2,1-3H3/t4*25-/m0000/s1. The van der Waals surface area contributed by atoms with Crippen molar-refractivity contribution in [2.45, 2.75) is 159 Å². The quantitative estimate of drug-likeness (QED) is 0.0335. The fourth-order valence-electron chi connectivity index (χ4n) is 17.2. The number of hydrogen-bond donors (Lipinski definition) is 4. The van der Waals surface area contributed by atoms with Gasteiger partial charge in [0.15, 0.2) is 0 Å². The summed E-state index contributed by atoms with van der Waals surface area (Å²) in [7, 11) is 0. The van der Waals surface area contributed by atoms with Gasteiger partial charge in [0, 0.05) is 154 Å². The molecule has 0 amide bonds. The number of aromatic nitrogens is 12. The summed E-state index contributed by atoms with van der Waals surface area (Å²) in [5.74, 6) is -2.85. The second kappa shape index (κ2) is 44.9. The van der Waals surface area contributed by atoms with Gasteiger partial charge in [-0.1, -0.05) is 96.6 Å². The van der Waals surface area contributed by atoms with Crippen molar-refractivity contribution in [3.8, 4) is 22.7 Å². The molecule has 0 aliphatic rings. The highest BCUT2D eigenvalue weighted by Crippen LogP contribution is 2.34. The molecule has 0 bridgehead atoms. The Bertz CT molecular complexity index is 7390. The third-order valence-electron chi connectivity index (χ3n) is 24.3. The number of hydrogen-bond acceptors (Lipinski definition) is 12. The molecular formula is C108H104F12N12O8. The van der Waals surface area contributed by atoms with Gasteiger partial charge in [0.05, 0.1) is 98.7 Å². The van der Waals surface area contributed by atoms with Crippen LogP contribution in [0.4, 0.5) is 52.7 Å². The van der Waals surface area contributed by atoms with E-state index in [0.717, 1.165) is 152 Å². The molecule has 32 heteroatoms. The number of aliphatic hydroxyl groups is 4. The van der Waals surface area contributed by atoms with Gasteiger partial charge in [0.25, 0.3) is 47.9 Å². The number of aryl methyl sites for hydroxylation is 11. The van der Waals surface area contributed by atoms with E-state index in [4.69, 9.17) is 0 Å². The summed E-state index contributed by atoms with van der Waals surface area (Å²) >= 11 is 0. The SMILES string of the molecule is Cc1cc(F)cc([C@H](CO)n2cc(C(F)F)cc(Cc3ccc(-n4cnc(C)c4)c(C)c3)c2=O)c1.Cc1ccc([C@H](CO)n2cc(C(F)F)cc(Cc3ccc(-n4cnc(C)c4)c(C)c3)c2=O)c(F)c1.Cc1cccc([C@H](CO)n2cc(C(F)F)cc(Cc3ccc(-n4cnc(C)c4)c(C)c3)c2=O)c1.Cc1cn(-c2ccc(Cc3cc(C(F)F)cn([C@@H](CO)c4cc(F)c(C)c(F)c4)c3=O)cc2C)cn1. The lowest BCUT2D eigenvalue weighted by Gasteiger charge is -2.21. The highest BCUT2D eigenvalue weighted by atomic mass is 19.3. The predicted octanol–water partition coefficient (Wildman–Crippen LogP) is 20.8. The Morgan fingerprint density at radius 1 is 0.279 bits per heavy atom. The van der Waals surface area contributed by atoms with Crippen LogP contribution in [0.3, 0.4) is 0 Å². The smallest absolute Gasteiger partial charge is 0.265 e. The molecule has 0 saturated heterocycles. The molecule has 0 radical (unpaired) electrons. The van der Waals surface area contributed by atoms with Crippen molar-refractivity contribution in [3.63, 3.8) is 0 Å². The molecular weight excluding hydrogens is 1820 g/mol. The molecule has 0 spiro atoms. The average Bonchev–Trinajstić information content (AvgIpc) is 1.04. The van der Waals surface area contributed by atoms with Gasteiger partial charge in [-0.2, -0.15) is 0 Å². The van der Waals surface area contributed by atoms with Crippen LogP contribution >= 0.6 is 0 Å². The largest absolute Gasteiger partial charge is 0.394 e. The molecule has 0 unspecified atom stereocenters. The first kappa shape index (κ1) is 103. The highest BCUT2D eigenvalue weighted by molar-refractivity contribution is 5.50. The second-order valence-electron chi connectivity index (χ2n) is 35.0. The molecule has 0 saturated carbocycles. The zero-order valence-corrected chi connectivity index (χ0v) is 78.7. The fraction of sp³-hybridized carbons (Fsp3) is 0.259. The molecule has 140 heavy (non-hydrogen) atoms. The molecule has 8 aromatic carbocycles. The summed E-state index contributed by atoms with van der Waals surface area (Å²) < 4.78 is 179. The number of imidazole rings is 4. The van der Waals surface area contributed by atoms with Gasteiger partial charge < -0.3 is 57.0 Å². The maximum atomic E-state index is 14.7. The Labute approximate surface area is 799 Å². The number of halogens is 12. The van der Waals surface area contributed by atoms with Crippen LogP contribution in [0, 0.1) is 106 Å². The van der Waals surface area contributed by atoms with Gasteiger partial charge in [-0.15, -0.1) is 0 Å². The van der Waals surface area contributed by atoms with Crippen molar-refractivity contribution in [2.24, 2.45) is 0 Å². The molecule has 8 heterocycles. The van der Waals surface area contributed by atoms with E-state index in [2.05, 4.69) is 19.9 Å². The summed E-state index contributed by atoms with van der Waals surface area (Å²) in [6, 6.07) is 41.1. The van der Waals surface area contributed by atoms with E-state index in [-0.39, 0.29) is 87.9 Å². The van der Waals surface area contributed by atoms with E-state index >= 15 is 0 Å². The number of benzene rings is 8. The lowest BCUT2D eigenvalue weighted by Crippen LogP contribution is -2.31. The zero-order valence-electron chi connectivity index (χ0n) is 78.7. The summed E-state index contributed by atoms with van der Waals surface area (Å²) in [6.07, 6.45) is 7.80. The van der Waals surface area contributed by atoms with E-state index in [1.54, 1.807) is 63.4 Å². The van der Waals surface area contributed by atoms with Gasteiger partial charge in [-0.3, -0.25) is 19.2 Å². The van der Waals surface area contributed by atoms with Crippen LogP contribution in [0.15, 0.2) is 264 Å². The molecule has 8 aromatic heterocycles. The zero-order chi connectivity index (χ0) is 101. The van der Waals surface area contributed by atoms with Crippen molar-refractivity contribution >= 4 is 0 Å². The maximum absolute atomic E-state index is 14.7. The van der Waals surface area contributed by atoms with Crippen LogP contribution in [0.5, 0.6) is 0 Å². The van der Waals surface area contributed by atoms with Gasteiger partial charge >= 0.3 is 0 Å². The van der Waals surface area contributed by atoms with Crippen LogP contribution in [0.25, 0.3) is 22.7 Å². The third kappa shape index (κ3) is 24.2. The van der Waals surface area contributed by atoms with Crippen LogP contribution in [0.2, 0.25) is 0 Å².